The van der Waals surface area contributed by atoms with Gasteiger partial charge in [0.2, 0.25) is 0 Å². The smallest absolute Gasteiger partial charge is 0.0473 e. The normalized spacial score (nSPS) is 13.6. The molecule has 0 aromatic heterocycles. The largest absolute Gasteiger partial charge is 0.310 e. The van der Waals surface area contributed by atoms with Crippen molar-refractivity contribution in [1.29, 1.82) is 0 Å². The summed E-state index contributed by atoms with van der Waals surface area (Å²) in [4.78, 5) is 4.94. The molecule has 0 spiro atoms. The summed E-state index contributed by atoms with van der Waals surface area (Å²) in [6, 6.07) is 140. The molecule has 0 fully saturated rings. The summed E-state index contributed by atoms with van der Waals surface area (Å²) in [6.45, 7) is 14.3. The van der Waals surface area contributed by atoms with Crippen LogP contribution in [-0.2, 0) is 16.2 Å². The zero-order chi connectivity index (χ0) is 72.1. The standard InChI is InChI=1S/C105H80N2/c1-103(2)97-39-21-19-37-91(97)95-55-51-87(67-101(95)103)106(89-61-81(69-25-11-7-12-26-69)57-82(62-89)70-27-13-8-14-28-70)85-35-23-33-77(59-85)73-41-45-75(46-42-73)79-49-53-93-94-54-50-80(66-100(94)105(5,6)99(93)65-79)76-47-43-74(44-48-76)78-34-24-36-86(60-78)107(88-52-56-96-92-38-20-22-40-98(92)104(3,4)102(96)68-88)90-63-83(71-29-15-9-16-30-71)58-84(64-90)72-31-17-10-18-32-72/h7-68H,1-6H3. The van der Waals surface area contributed by atoms with Gasteiger partial charge in [-0.2, -0.15) is 0 Å². The van der Waals surface area contributed by atoms with Gasteiger partial charge in [-0.05, 0) is 253 Å². The minimum atomic E-state index is -0.225. The number of hydrogen-bond acceptors (Lipinski definition) is 2. The molecular formula is C105H80N2. The highest BCUT2D eigenvalue weighted by Crippen LogP contribution is 2.55. The minimum Gasteiger partial charge on any atom is -0.310 e. The van der Waals surface area contributed by atoms with Gasteiger partial charge in [-0.25, -0.2) is 0 Å². The van der Waals surface area contributed by atoms with Crippen molar-refractivity contribution in [1.82, 2.24) is 0 Å². The molecule has 0 N–H and O–H groups in total. The Hall–Kier alpha value is -12.9. The van der Waals surface area contributed by atoms with Crippen molar-refractivity contribution in [3.8, 4) is 122 Å². The van der Waals surface area contributed by atoms with Gasteiger partial charge in [0.15, 0.2) is 0 Å². The van der Waals surface area contributed by atoms with Crippen molar-refractivity contribution in [3.05, 3.63) is 409 Å². The maximum atomic E-state index is 2.47. The summed E-state index contributed by atoms with van der Waals surface area (Å²) in [7, 11) is 0. The molecule has 3 aliphatic carbocycles. The zero-order valence-electron chi connectivity index (χ0n) is 61.2. The highest BCUT2D eigenvalue weighted by atomic mass is 15.1. The van der Waals surface area contributed by atoms with Gasteiger partial charge in [-0.3, -0.25) is 0 Å². The molecule has 0 amide bonds. The number of nitrogens with zero attached hydrogens (tertiary/aromatic N) is 2. The van der Waals surface area contributed by atoms with Crippen molar-refractivity contribution in [2.75, 3.05) is 9.80 Å². The summed E-state index contributed by atoms with van der Waals surface area (Å²) in [5, 5.41) is 0. The van der Waals surface area contributed by atoms with Crippen LogP contribution in [0.2, 0.25) is 0 Å². The topological polar surface area (TPSA) is 6.48 Å². The van der Waals surface area contributed by atoms with Crippen molar-refractivity contribution in [3.63, 3.8) is 0 Å². The molecule has 0 aliphatic heterocycles. The van der Waals surface area contributed by atoms with E-state index in [1.807, 2.05) is 0 Å². The van der Waals surface area contributed by atoms with Crippen LogP contribution < -0.4 is 9.80 Å². The molecule has 16 aromatic rings. The molecule has 2 heteroatoms. The Bertz CT molecular complexity index is 5630. The van der Waals surface area contributed by atoms with Crippen LogP contribution >= 0.6 is 0 Å². The molecule has 0 unspecified atom stereocenters. The number of fused-ring (bicyclic) bond motifs is 9. The van der Waals surface area contributed by atoms with Gasteiger partial charge in [0.05, 0.1) is 0 Å². The van der Waals surface area contributed by atoms with E-state index in [9.17, 15) is 0 Å². The zero-order valence-corrected chi connectivity index (χ0v) is 61.2. The number of hydrogen-bond donors (Lipinski definition) is 0. The predicted octanol–water partition coefficient (Wildman–Crippen LogP) is 28.9. The lowest BCUT2D eigenvalue weighted by atomic mass is 9.80. The second-order valence-electron chi connectivity index (χ2n) is 30.9. The summed E-state index contributed by atoms with van der Waals surface area (Å²) in [5.74, 6) is 0. The lowest BCUT2D eigenvalue weighted by Crippen LogP contribution is -2.16. The van der Waals surface area contributed by atoms with E-state index < -0.39 is 0 Å². The first-order chi connectivity index (χ1) is 52.3. The van der Waals surface area contributed by atoms with E-state index in [4.69, 9.17) is 0 Å². The Kier molecular flexibility index (Phi) is 15.6. The summed E-state index contributed by atoms with van der Waals surface area (Å²) in [6.07, 6.45) is 0. The first-order valence-electron chi connectivity index (χ1n) is 37.6. The fraction of sp³-hybridized carbons (Fsp3) is 0.0857. The van der Waals surface area contributed by atoms with E-state index in [0.29, 0.717) is 0 Å². The summed E-state index contributed by atoms with van der Waals surface area (Å²) >= 11 is 0. The van der Waals surface area contributed by atoms with E-state index >= 15 is 0 Å². The second kappa shape index (κ2) is 25.8. The quantitative estimate of drug-likeness (QED) is 0.107. The third kappa shape index (κ3) is 11.3. The molecule has 0 saturated heterocycles. The van der Waals surface area contributed by atoms with Crippen LogP contribution in [0.25, 0.3) is 122 Å². The second-order valence-corrected chi connectivity index (χ2v) is 30.9. The van der Waals surface area contributed by atoms with Crippen molar-refractivity contribution in [2.24, 2.45) is 0 Å². The molecule has 19 rings (SSSR count). The molecule has 0 radical (unpaired) electrons. The molecular weight excluding hydrogens is 1290 g/mol. The van der Waals surface area contributed by atoms with Crippen LogP contribution in [0.4, 0.5) is 34.1 Å². The van der Waals surface area contributed by atoms with Crippen LogP contribution in [0.3, 0.4) is 0 Å². The van der Waals surface area contributed by atoms with Crippen LogP contribution in [-0.4, -0.2) is 0 Å². The van der Waals surface area contributed by atoms with E-state index in [0.717, 1.165) is 45.3 Å². The van der Waals surface area contributed by atoms with Gasteiger partial charge in [0, 0.05) is 50.4 Å². The third-order valence-corrected chi connectivity index (χ3v) is 23.4. The fourth-order valence-electron chi connectivity index (χ4n) is 17.7. The van der Waals surface area contributed by atoms with Gasteiger partial charge >= 0.3 is 0 Å². The molecule has 2 nitrogen and oxygen atoms in total. The third-order valence-electron chi connectivity index (χ3n) is 23.4. The van der Waals surface area contributed by atoms with Crippen molar-refractivity contribution < 1.29 is 0 Å². The number of benzene rings is 16. The van der Waals surface area contributed by atoms with Crippen molar-refractivity contribution in [2.45, 2.75) is 57.8 Å². The Labute approximate surface area is 629 Å². The number of anilines is 6. The molecule has 0 atom stereocenters. The SMILES string of the molecule is CC1(C)c2cc(-c3ccc(-c4cccc(N(c5cc(-c6ccccc6)cc(-c6ccccc6)c5)c5ccc6c(c5)C(C)(C)c5ccccc5-6)c4)cc3)ccc2-c2ccc(-c3ccc(-c4cccc(N(c5cc(-c6ccccc6)cc(-c6ccccc6)c5)c5ccc6c(c5)C(C)(C)c5ccccc5-6)c4)cc3)cc21. The van der Waals surface area contributed by atoms with Gasteiger partial charge in [-0.15, -0.1) is 0 Å². The van der Waals surface area contributed by atoms with E-state index in [-0.39, 0.29) is 16.2 Å². The first-order valence-corrected chi connectivity index (χ1v) is 37.6. The Morgan fingerprint density at radius 1 is 0.140 bits per heavy atom. The molecule has 0 bridgehead atoms. The molecule has 510 valence electrons. The van der Waals surface area contributed by atoms with Gasteiger partial charge < -0.3 is 9.80 Å². The molecule has 0 heterocycles. The summed E-state index contributed by atoms with van der Waals surface area (Å²) < 4.78 is 0. The number of rotatable bonds is 14. The molecule has 0 saturated carbocycles. The van der Waals surface area contributed by atoms with Crippen LogP contribution in [0, 0.1) is 0 Å². The van der Waals surface area contributed by atoms with E-state index in [1.165, 1.54) is 145 Å². The fourth-order valence-corrected chi connectivity index (χ4v) is 17.7. The Morgan fingerprint density at radius 3 is 0.701 bits per heavy atom. The van der Waals surface area contributed by atoms with Crippen LogP contribution in [0.15, 0.2) is 376 Å². The maximum absolute atomic E-state index is 2.47. The van der Waals surface area contributed by atoms with E-state index in [2.05, 4.69) is 427 Å². The van der Waals surface area contributed by atoms with E-state index in [1.54, 1.807) is 0 Å². The Morgan fingerprint density at radius 2 is 0.364 bits per heavy atom. The highest BCUT2D eigenvalue weighted by molar-refractivity contribution is 5.94. The predicted molar refractivity (Wildman–Crippen MR) is 452 cm³/mol. The highest BCUT2D eigenvalue weighted by Gasteiger charge is 2.39. The summed E-state index contributed by atoms with van der Waals surface area (Å²) in [5.41, 5.74) is 40.9. The minimum absolute atomic E-state index is 0.163. The van der Waals surface area contributed by atoms with Crippen LogP contribution in [0.5, 0.6) is 0 Å². The van der Waals surface area contributed by atoms with Crippen molar-refractivity contribution >= 4 is 34.1 Å². The maximum Gasteiger partial charge on any atom is 0.0473 e. The lowest BCUT2D eigenvalue weighted by molar-refractivity contribution is 0.660. The Balaban J connectivity index is 0.617. The first kappa shape index (κ1) is 64.9. The molecule has 107 heavy (non-hydrogen) atoms. The van der Waals surface area contributed by atoms with Gasteiger partial charge in [0.25, 0.3) is 0 Å². The monoisotopic (exact) mass is 1370 g/mol. The average Bonchev–Trinajstić information content (AvgIpc) is 1.64. The van der Waals surface area contributed by atoms with Gasteiger partial charge in [0.1, 0.15) is 0 Å². The molecule has 16 aromatic carbocycles. The lowest BCUT2D eigenvalue weighted by Gasteiger charge is -2.29. The molecule has 3 aliphatic rings. The van der Waals surface area contributed by atoms with Gasteiger partial charge in [-0.1, -0.05) is 321 Å². The van der Waals surface area contributed by atoms with Crippen LogP contribution in [0.1, 0.15) is 74.9 Å². The average molecular weight is 1370 g/mol.